The van der Waals surface area contributed by atoms with Crippen molar-refractivity contribution in [2.75, 3.05) is 5.32 Å². The van der Waals surface area contributed by atoms with Crippen LogP contribution in [0, 0.1) is 12.8 Å². The molecular weight excluding hydrogens is 256 g/mol. The third kappa shape index (κ3) is 2.84. The first-order valence-corrected chi connectivity index (χ1v) is 7.36. The summed E-state index contributed by atoms with van der Waals surface area (Å²) in [5, 5.41) is 4.03. The molecule has 1 aliphatic rings. The van der Waals surface area contributed by atoms with E-state index in [1.54, 1.807) is 11.3 Å². The van der Waals surface area contributed by atoms with E-state index in [4.69, 9.17) is 0 Å². The molecule has 0 bridgehead atoms. The lowest BCUT2D eigenvalue weighted by molar-refractivity contribution is -0.116. The number of thiazole rings is 1. The quantitative estimate of drug-likeness (QED) is 0.861. The molecule has 1 aromatic carbocycles. The van der Waals surface area contributed by atoms with Gasteiger partial charge in [-0.2, -0.15) is 0 Å². The second kappa shape index (κ2) is 5.13. The fraction of sp³-hybridized carbons (Fsp3) is 0.333. The van der Waals surface area contributed by atoms with Gasteiger partial charge in [0.15, 0.2) is 0 Å². The van der Waals surface area contributed by atoms with Crippen LogP contribution >= 0.6 is 11.3 Å². The molecule has 2 aromatic rings. The van der Waals surface area contributed by atoms with E-state index in [0.29, 0.717) is 12.3 Å². The first kappa shape index (κ1) is 12.4. The Balaban J connectivity index is 1.69. The van der Waals surface area contributed by atoms with Gasteiger partial charge in [-0.3, -0.25) is 4.79 Å². The molecule has 0 saturated carbocycles. The molecular formula is C15H16N2OS. The van der Waals surface area contributed by atoms with Gasteiger partial charge in [0.05, 0.1) is 15.2 Å². The highest BCUT2D eigenvalue weighted by atomic mass is 32.1. The Morgan fingerprint density at radius 1 is 1.53 bits per heavy atom. The molecule has 1 heterocycles. The minimum absolute atomic E-state index is 0.0946. The maximum atomic E-state index is 12.0. The van der Waals surface area contributed by atoms with Crippen LogP contribution in [0.1, 0.15) is 24.3 Å². The number of amides is 1. The Morgan fingerprint density at radius 2 is 2.42 bits per heavy atom. The van der Waals surface area contributed by atoms with Crippen molar-refractivity contribution in [3.05, 3.63) is 35.4 Å². The van der Waals surface area contributed by atoms with E-state index in [1.165, 1.54) is 0 Å². The molecule has 1 aromatic heterocycles. The molecule has 0 saturated heterocycles. The lowest BCUT2D eigenvalue weighted by Gasteiger charge is -2.08. The van der Waals surface area contributed by atoms with Crippen LogP contribution in [0.5, 0.6) is 0 Å². The SMILES string of the molecule is Cc1nc2ccc(NC(=O)CC3C=CCC3)cc2s1. The van der Waals surface area contributed by atoms with Crippen molar-refractivity contribution in [1.82, 2.24) is 4.98 Å². The maximum absolute atomic E-state index is 12.0. The average Bonchev–Trinajstić information content (AvgIpc) is 2.96. The highest BCUT2D eigenvalue weighted by molar-refractivity contribution is 7.18. The number of carbonyl (C=O) groups is 1. The third-order valence-corrected chi connectivity index (χ3v) is 4.27. The zero-order valence-corrected chi connectivity index (χ0v) is 11.7. The van der Waals surface area contributed by atoms with E-state index in [-0.39, 0.29) is 5.91 Å². The number of hydrogen-bond acceptors (Lipinski definition) is 3. The van der Waals surface area contributed by atoms with E-state index in [1.807, 2.05) is 25.1 Å². The number of aromatic nitrogens is 1. The molecule has 3 rings (SSSR count). The number of anilines is 1. The minimum atomic E-state index is 0.0946. The van der Waals surface area contributed by atoms with Gasteiger partial charge in [0.25, 0.3) is 0 Å². The molecule has 0 aliphatic heterocycles. The summed E-state index contributed by atoms with van der Waals surface area (Å²) < 4.78 is 1.12. The van der Waals surface area contributed by atoms with Crippen LogP contribution in [-0.2, 0) is 4.79 Å². The maximum Gasteiger partial charge on any atom is 0.224 e. The standard InChI is InChI=1S/C15H16N2OS/c1-10-16-13-7-6-12(9-14(13)19-10)17-15(18)8-11-4-2-3-5-11/h2,4,6-7,9,11H,3,5,8H2,1H3,(H,17,18). The zero-order chi connectivity index (χ0) is 13.2. The van der Waals surface area contributed by atoms with Crippen LogP contribution in [0.2, 0.25) is 0 Å². The van der Waals surface area contributed by atoms with Crippen LogP contribution in [0.25, 0.3) is 10.2 Å². The van der Waals surface area contributed by atoms with Gasteiger partial charge in [-0.15, -0.1) is 11.3 Å². The van der Waals surface area contributed by atoms with Gasteiger partial charge in [-0.25, -0.2) is 4.98 Å². The van der Waals surface area contributed by atoms with E-state index in [9.17, 15) is 4.79 Å². The number of aryl methyl sites for hydroxylation is 1. The fourth-order valence-electron chi connectivity index (χ4n) is 2.43. The van der Waals surface area contributed by atoms with E-state index >= 15 is 0 Å². The van der Waals surface area contributed by atoms with Gasteiger partial charge in [-0.1, -0.05) is 12.2 Å². The summed E-state index contributed by atoms with van der Waals surface area (Å²) >= 11 is 1.65. The van der Waals surface area contributed by atoms with Gasteiger partial charge in [0, 0.05) is 12.1 Å². The van der Waals surface area contributed by atoms with Crippen LogP contribution < -0.4 is 5.32 Å². The molecule has 4 heteroatoms. The van der Waals surface area contributed by atoms with Crippen LogP contribution in [-0.4, -0.2) is 10.9 Å². The molecule has 98 valence electrons. The number of rotatable bonds is 3. The Kier molecular flexibility index (Phi) is 3.34. The third-order valence-electron chi connectivity index (χ3n) is 3.34. The molecule has 1 unspecified atom stereocenters. The van der Waals surface area contributed by atoms with Gasteiger partial charge >= 0.3 is 0 Å². The summed E-state index contributed by atoms with van der Waals surface area (Å²) in [5.74, 6) is 0.506. The molecule has 0 fully saturated rings. The largest absolute Gasteiger partial charge is 0.326 e. The van der Waals surface area contributed by atoms with Crippen molar-refractivity contribution in [3.63, 3.8) is 0 Å². The molecule has 1 amide bonds. The lowest BCUT2D eigenvalue weighted by Crippen LogP contribution is -2.14. The summed E-state index contributed by atoms with van der Waals surface area (Å²) in [7, 11) is 0. The number of carbonyl (C=O) groups excluding carboxylic acids is 1. The van der Waals surface area contributed by atoms with Gasteiger partial charge in [0.1, 0.15) is 0 Å². The van der Waals surface area contributed by atoms with Crippen molar-refractivity contribution in [2.45, 2.75) is 26.2 Å². The first-order valence-electron chi connectivity index (χ1n) is 6.54. The topological polar surface area (TPSA) is 42.0 Å². The Labute approximate surface area is 116 Å². The van der Waals surface area contributed by atoms with E-state index in [2.05, 4.69) is 22.5 Å². The number of benzene rings is 1. The first-order chi connectivity index (χ1) is 9.20. The van der Waals surface area contributed by atoms with Crippen molar-refractivity contribution >= 4 is 33.1 Å². The number of hydrogen-bond donors (Lipinski definition) is 1. The fourth-order valence-corrected chi connectivity index (χ4v) is 3.30. The highest BCUT2D eigenvalue weighted by Crippen LogP contribution is 2.25. The summed E-state index contributed by atoms with van der Waals surface area (Å²) in [5.41, 5.74) is 1.86. The molecule has 1 aliphatic carbocycles. The normalized spacial score (nSPS) is 18.1. The molecule has 19 heavy (non-hydrogen) atoms. The molecule has 0 spiro atoms. The molecule has 0 radical (unpaired) electrons. The highest BCUT2D eigenvalue weighted by Gasteiger charge is 2.14. The smallest absolute Gasteiger partial charge is 0.224 e. The molecule has 3 nitrogen and oxygen atoms in total. The van der Waals surface area contributed by atoms with Crippen LogP contribution in [0.3, 0.4) is 0 Å². The van der Waals surface area contributed by atoms with Gasteiger partial charge in [-0.05, 0) is 43.9 Å². The van der Waals surface area contributed by atoms with Crippen LogP contribution in [0.4, 0.5) is 5.69 Å². The van der Waals surface area contributed by atoms with E-state index in [0.717, 1.165) is 33.8 Å². The Bertz CT molecular complexity index is 645. The summed E-state index contributed by atoms with van der Waals surface area (Å²) in [4.78, 5) is 16.4. The Morgan fingerprint density at radius 3 is 3.21 bits per heavy atom. The number of allylic oxidation sites excluding steroid dienone is 2. The number of nitrogens with zero attached hydrogens (tertiary/aromatic N) is 1. The van der Waals surface area contributed by atoms with E-state index < -0.39 is 0 Å². The lowest BCUT2D eigenvalue weighted by atomic mass is 10.1. The predicted molar refractivity (Wildman–Crippen MR) is 79.5 cm³/mol. The summed E-state index contributed by atoms with van der Waals surface area (Å²) in [6.07, 6.45) is 7.08. The van der Waals surface area contributed by atoms with Crippen molar-refractivity contribution in [1.29, 1.82) is 0 Å². The second-order valence-electron chi connectivity index (χ2n) is 4.93. The molecule has 1 N–H and O–H groups in total. The van der Waals surface area contributed by atoms with Crippen molar-refractivity contribution in [2.24, 2.45) is 5.92 Å². The van der Waals surface area contributed by atoms with Crippen LogP contribution in [0.15, 0.2) is 30.4 Å². The van der Waals surface area contributed by atoms with Gasteiger partial charge < -0.3 is 5.32 Å². The second-order valence-corrected chi connectivity index (χ2v) is 6.17. The Hall–Kier alpha value is -1.68. The van der Waals surface area contributed by atoms with Gasteiger partial charge in [0.2, 0.25) is 5.91 Å². The van der Waals surface area contributed by atoms with Crippen molar-refractivity contribution < 1.29 is 4.79 Å². The zero-order valence-electron chi connectivity index (χ0n) is 10.8. The number of nitrogens with one attached hydrogen (secondary N) is 1. The average molecular weight is 272 g/mol. The monoisotopic (exact) mass is 272 g/mol. The summed E-state index contributed by atoms with van der Waals surface area (Å²) in [6.45, 7) is 2.00. The number of fused-ring (bicyclic) bond motifs is 1. The van der Waals surface area contributed by atoms with Crippen molar-refractivity contribution in [3.8, 4) is 0 Å². The minimum Gasteiger partial charge on any atom is -0.326 e. The predicted octanol–water partition coefficient (Wildman–Crippen LogP) is 3.90. The molecule has 1 atom stereocenters. The summed E-state index contributed by atoms with van der Waals surface area (Å²) in [6, 6.07) is 5.89.